The molecule has 0 N–H and O–H groups in total. The van der Waals surface area contributed by atoms with Crippen molar-refractivity contribution in [2.24, 2.45) is 0 Å². The molecule has 0 rings (SSSR count). The number of halogens is 2. The van der Waals surface area contributed by atoms with Gasteiger partial charge in [0.25, 0.3) is 0 Å². The minimum atomic E-state index is -2.39. The van der Waals surface area contributed by atoms with E-state index < -0.39 is 16.9 Å². The fourth-order valence-corrected chi connectivity index (χ4v) is 6.54. The van der Waals surface area contributed by atoms with E-state index >= 15 is 0 Å². The minimum absolute atomic E-state index is 0.241. The van der Waals surface area contributed by atoms with Gasteiger partial charge in [0.15, 0.2) is 0 Å². The van der Waals surface area contributed by atoms with E-state index in [1.54, 1.807) is 0 Å². The summed E-state index contributed by atoms with van der Waals surface area (Å²) in [4.78, 5) is 0. The number of hydrogen-bond donors (Lipinski definition) is 0. The first-order valence-electron chi connectivity index (χ1n) is 4.36. The summed E-state index contributed by atoms with van der Waals surface area (Å²) in [5.74, 6) is 0. The van der Waals surface area contributed by atoms with Gasteiger partial charge in [0.2, 0.25) is 0 Å². The van der Waals surface area contributed by atoms with Gasteiger partial charge in [-0.15, -0.1) is 0 Å². The zero-order chi connectivity index (χ0) is 13.0. The van der Waals surface area contributed by atoms with E-state index in [1.165, 1.54) is 0 Å². The van der Waals surface area contributed by atoms with Crippen molar-refractivity contribution in [2.45, 2.75) is 20.8 Å². The van der Waals surface area contributed by atoms with Gasteiger partial charge in [-0.1, -0.05) is 0 Å². The van der Waals surface area contributed by atoms with E-state index in [2.05, 4.69) is 10.7 Å². The molecule has 16 heavy (non-hydrogen) atoms. The standard InChI is InChI=1S/C6H15ClO3PSe.ClHO2S/c1-4-8-11(12-7,9-5-2)10-6-3;1-4(2)3/h4-6H2,1-3H3;(H,2,3)/q+1;/p-1. The molecule has 0 saturated carbocycles. The van der Waals surface area contributed by atoms with E-state index in [0.717, 1.165) is 0 Å². The molecule has 10 heteroatoms. The number of rotatable bonds is 7. The molecular weight excluding hydrogens is 365 g/mol. The normalized spacial score (nSPS) is 12.9. The summed E-state index contributed by atoms with van der Waals surface area (Å²) < 4.78 is 33.8. The van der Waals surface area contributed by atoms with E-state index in [1.807, 2.05) is 20.8 Å². The average Bonchev–Trinajstić information content (AvgIpc) is 2.18. The molecule has 0 bridgehead atoms. The fraction of sp³-hybridized carbons (Fsp3) is 1.00. The zero-order valence-corrected chi connectivity index (χ0v) is 14.1. The maximum Gasteiger partial charge on any atom is 0.0422 e. The van der Waals surface area contributed by atoms with Crippen molar-refractivity contribution in [3.8, 4) is 0 Å². The monoisotopic (exact) mass is 380 g/mol. The van der Waals surface area contributed by atoms with Crippen molar-refractivity contribution in [2.75, 3.05) is 19.8 Å². The smallest absolute Gasteiger partial charge is 0.0422 e. The Labute approximate surface area is 114 Å². The summed E-state index contributed by atoms with van der Waals surface area (Å²) in [6, 6.07) is 0. The van der Waals surface area contributed by atoms with Gasteiger partial charge in [-0.05, 0) is 10.7 Å². The van der Waals surface area contributed by atoms with Crippen molar-refractivity contribution in [3.05, 3.63) is 0 Å². The van der Waals surface area contributed by atoms with Crippen LogP contribution in [0.3, 0.4) is 0 Å². The molecule has 0 aliphatic carbocycles. The number of hydrogen-bond acceptors (Lipinski definition) is 5. The van der Waals surface area contributed by atoms with Gasteiger partial charge in [-0.25, -0.2) is 0 Å². The molecule has 0 aliphatic heterocycles. The molecule has 1 atom stereocenters. The Kier molecular flexibility index (Phi) is 16.1. The summed E-state index contributed by atoms with van der Waals surface area (Å²) in [6.45, 7) is 5.34. The third kappa shape index (κ3) is 12.0. The fourth-order valence-electron chi connectivity index (χ4n) is 0.646. The zero-order valence-electron chi connectivity index (χ0n) is 9.18. The molecule has 1 unspecified atom stereocenters. The molecule has 0 heterocycles. The second-order valence-electron chi connectivity index (χ2n) is 1.96. The van der Waals surface area contributed by atoms with Crippen LogP contribution in [-0.4, -0.2) is 42.2 Å². The van der Waals surface area contributed by atoms with E-state index in [9.17, 15) is 0 Å². The summed E-state index contributed by atoms with van der Waals surface area (Å²) >= 11 is -0.241. The van der Waals surface area contributed by atoms with E-state index in [4.69, 9.17) is 32.4 Å². The quantitative estimate of drug-likeness (QED) is 0.294. The molecule has 100 valence electrons. The summed E-state index contributed by atoms with van der Waals surface area (Å²) in [5.41, 5.74) is 0. The van der Waals surface area contributed by atoms with Gasteiger partial charge in [-0.3, -0.25) is 4.21 Å². The Balaban J connectivity index is 0. The molecule has 0 aromatic heterocycles. The van der Waals surface area contributed by atoms with Crippen LogP contribution >= 0.6 is 27.4 Å². The Morgan fingerprint density at radius 2 is 1.44 bits per heavy atom. The molecule has 5 nitrogen and oxygen atoms in total. The van der Waals surface area contributed by atoms with E-state index in [-0.39, 0.29) is 13.6 Å². The maximum atomic E-state index is 8.77. The van der Waals surface area contributed by atoms with Crippen molar-refractivity contribution in [1.82, 2.24) is 0 Å². The predicted molar refractivity (Wildman–Crippen MR) is 68.2 cm³/mol. The third-order valence-electron chi connectivity index (χ3n) is 0.946. The van der Waals surface area contributed by atoms with Gasteiger partial charge in [0.1, 0.15) is 0 Å². The van der Waals surface area contributed by atoms with Crippen molar-refractivity contribution >= 4 is 51.3 Å². The van der Waals surface area contributed by atoms with Crippen LogP contribution in [0.5, 0.6) is 0 Å². The molecule has 0 amide bonds. The third-order valence-corrected chi connectivity index (χ3v) is 8.53. The molecular formula is C6H15Cl2O5PSSe. The van der Waals surface area contributed by atoms with Crippen LogP contribution in [-0.2, 0) is 23.9 Å². The second-order valence-corrected chi connectivity index (χ2v) is 10.7. The van der Waals surface area contributed by atoms with Crippen LogP contribution in [0, 0.1) is 0 Å². The predicted octanol–water partition coefficient (Wildman–Crippen LogP) is 2.65. The summed E-state index contributed by atoms with van der Waals surface area (Å²) in [6.07, 6.45) is 0. The Morgan fingerprint density at radius 3 is 1.56 bits per heavy atom. The minimum Gasteiger partial charge on any atom is -0.760 e. The Morgan fingerprint density at radius 1 is 1.19 bits per heavy atom. The van der Waals surface area contributed by atoms with Gasteiger partial charge in [-0.2, -0.15) is 0 Å². The van der Waals surface area contributed by atoms with Crippen molar-refractivity contribution < 1.29 is 22.3 Å². The average molecular weight is 380 g/mol. The largest absolute Gasteiger partial charge is 0.760 e. The van der Waals surface area contributed by atoms with Gasteiger partial charge < -0.3 is 4.55 Å². The van der Waals surface area contributed by atoms with Crippen molar-refractivity contribution in [1.29, 1.82) is 0 Å². The Hall–Kier alpha value is 1.52. The Bertz CT molecular complexity index is 169. The van der Waals surface area contributed by atoms with Crippen LogP contribution in [0.15, 0.2) is 0 Å². The van der Waals surface area contributed by atoms with E-state index in [0.29, 0.717) is 19.8 Å². The first-order chi connectivity index (χ1) is 7.47. The van der Waals surface area contributed by atoms with Crippen LogP contribution in [0.1, 0.15) is 20.8 Å². The van der Waals surface area contributed by atoms with Crippen LogP contribution in [0.25, 0.3) is 0 Å². The molecule has 0 radical (unpaired) electrons. The molecule has 0 aromatic carbocycles. The topological polar surface area (TPSA) is 67.8 Å². The molecule has 0 aliphatic rings. The molecule has 0 spiro atoms. The first kappa shape index (κ1) is 19.8. The van der Waals surface area contributed by atoms with Crippen LogP contribution in [0.4, 0.5) is 0 Å². The molecule has 0 saturated heterocycles. The van der Waals surface area contributed by atoms with Crippen LogP contribution in [0.2, 0.25) is 0 Å². The molecule has 0 aromatic rings. The van der Waals surface area contributed by atoms with Crippen molar-refractivity contribution in [3.63, 3.8) is 0 Å². The molecule has 0 fully saturated rings. The van der Waals surface area contributed by atoms with Crippen LogP contribution < -0.4 is 0 Å². The SMILES string of the molecule is CCO[P+](OCC)(OCC)[Se]Cl.O=S([O-])Cl. The van der Waals surface area contributed by atoms with Gasteiger partial charge >= 0.3 is 84.5 Å². The van der Waals surface area contributed by atoms with Gasteiger partial charge in [0.05, 0.1) is 0 Å². The summed E-state index contributed by atoms with van der Waals surface area (Å²) in [7, 11) is 7.60. The second kappa shape index (κ2) is 13.0. The first-order valence-corrected chi connectivity index (χ1v) is 12.3. The summed E-state index contributed by atoms with van der Waals surface area (Å²) in [5, 5.41) is 0. The van der Waals surface area contributed by atoms with Gasteiger partial charge in [0, 0.05) is 10.3 Å². The maximum absolute atomic E-state index is 8.77.